The number of nitrogens with zero attached hydrogens (tertiary/aromatic N) is 1. The SMILES string of the molecule is Cc1ccc(S(=O)(=O)C2C=CC(Cc3ccccc3)N(C(=O)OC(C)(C)C)C2)cc1. The van der Waals surface area contributed by atoms with Crippen LogP contribution >= 0.6 is 0 Å². The summed E-state index contributed by atoms with van der Waals surface area (Å²) in [6.07, 6.45) is 3.62. The molecule has 2 aromatic carbocycles. The molecule has 0 aliphatic carbocycles. The van der Waals surface area contributed by atoms with Gasteiger partial charge in [-0.25, -0.2) is 13.2 Å². The normalized spacial score (nSPS) is 19.5. The summed E-state index contributed by atoms with van der Waals surface area (Å²) in [5.74, 6) is 0. The van der Waals surface area contributed by atoms with Gasteiger partial charge in [0, 0.05) is 6.54 Å². The van der Waals surface area contributed by atoms with Gasteiger partial charge in [-0.2, -0.15) is 0 Å². The van der Waals surface area contributed by atoms with Crippen molar-refractivity contribution in [2.75, 3.05) is 6.54 Å². The number of carbonyl (C=O) groups is 1. The number of amides is 1. The molecular formula is C24H29NO4S. The molecule has 1 heterocycles. The summed E-state index contributed by atoms with van der Waals surface area (Å²) in [5.41, 5.74) is 1.40. The van der Waals surface area contributed by atoms with E-state index in [9.17, 15) is 13.2 Å². The average Bonchev–Trinajstić information content (AvgIpc) is 2.68. The number of hydrogen-bond acceptors (Lipinski definition) is 4. The maximum absolute atomic E-state index is 13.2. The zero-order valence-corrected chi connectivity index (χ0v) is 18.7. The van der Waals surface area contributed by atoms with Crippen molar-refractivity contribution in [3.63, 3.8) is 0 Å². The zero-order valence-electron chi connectivity index (χ0n) is 17.9. The molecule has 1 amide bonds. The number of carbonyl (C=O) groups excluding carboxylic acids is 1. The third kappa shape index (κ3) is 5.30. The topological polar surface area (TPSA) is 63.7 Å². The van der Waals surface area contributed by atoms with Crippen molar-refractivity contribution in [3.8, 4) is 0 Å². The van der Waals surface area contributed by atoms with Crippen LogP contribution in [-0.2, 0) is 21.0 Å². The van der Waals surface area contributed by atoms with Gasteiger partial charge in [0.2, 0.25) is 0 Å². The second-order valence-electron chi connectivity index (χ2n) is 8.67. The summed E-state index contributed by atoms with van der Waals surface area (Å²) in [6, 6.07) is 16.4. The summed E-state index contributed by atoms with van der Waals surface area (Å²) in [4.78, 5) is 14.7. The van der Waals surface area contributed by atoms with Gasteiger partial charge in [0.1, 0.15) is 10.9 Å². The molecule has 0 saturated heterocycles. The lowest BCUT2D eigenvalue weighted by molar-refractivity contribution is 0.0195. The molecule has 0 bridgehead atoms. The number of sulfone groups is 1. The molecule has 30 heavy (non-hydrogen) atoms. The first-order chi connectivity index (χ1) is 14.1. The van der Waals surface area contributed by atoms with Crippen molar-refractivity contribution in [3.05, 3.63) is 77.9 Å². The van der Waals surface area contributed by atoms with Crippen LogP contribution < -0.4 is 0 Å². The van der Waals surface area contributed by atoms with Gasteiger partial charge in [-0.15, -0.1) is 0 Å². The van der Waals surface area contributed by atoms with Crippen LogP contribution in [0.4, 0.5) is 4.79 Å². The fourth-order valence-electron chi connectivity index (χ4n) is 3.41. The van der Waals surface area contributed by atoms with Crippen molar-refractivity contribution in [2.45, 2.75) is 55.9 Å². The van der Waals surface area contributed by atoms with Crippen LogP contribution in [0.3, 0.4) is 0 Å². The summed E-state index contributed by atoms with van der Waals surface area (Å²) in [6.45, 7) is 7.38. The van der Waals surface area contributed by atoms with Crippen LogP contribution in [-0.4, -0.2) is 42.8 Å². The molecule has 6 heteroatoms. The smallest absolute Gasteiger partial charge is 0.410 e. The van der Waals surface area contributed by atoms with Crippen molar-refractivity contribution in [1.82, 2.24) is 4.90 Å². The molecule has 0 fully saturated rings. The van der Waals surface area contributed by atoms with Crippen LogP contribution in [0.2, 0.25) is 0 Å². The maximum atomic E-state index is 13.2. The Hall–Kier alpha value is -2.60. The van der Waals surface area contributed by atoms with Crippen molar-refractivity contribution < 1.29 is 17.9 Å². The van der Waals surface area contributed by atoms with Gasteiger partial charge < -0.3 is 4.74 Å². The van der Waals surface area contributed by atoms with Crippen LogP contribution in [0.5, 0.6) is 0 Å². The Morgan fingerprint density at radius 1 is 1.03 bits per heavy atom. The minimum Gasteiger partial charge on any atom is -0.444 e. The van der Waals surface area contributed by atoms with Gasteiger partial charge in [-0.05, 0) is 51.8 Å². The lowest BCUT2D eigenvalue weighted by Gasteiger charge is -2.36. The highest BCUT2D eigenvalue weighted by Crippen LogP contribution is 2.26. The van der Waals surface area contributed by atoms with E-state index in [1.54, 1.807) is 51.1 Å². The third-order valence-electron chi connectivity index (χ3n) is 4.99. The van der Waals surface area contributed by atoms with E-state index < -0.39 is 26.8 Å². The standard InChI is InChI=1S/C24H29NO4S/c1-18-10-13-21(14-11-18)30(27,28)22-15-12-20(16-19-8-6-5-7-9-19)25(17-22)23(26)29-24(2,3)4/h5-15,20,22H,16-17H2,1-4H3. The lowest BCUT2D eigenvalue weighted by atomic mass is 10.0. The Kier molecular flexibility index (Phi) is 6.36. The molecule has 0 spiro atoms. The van der Waals surface area contributed by atoms with Crippen molar-refractivity contribution >= 4 is 15.9 Å². The molecule has 0 N–H and O–H groups in total. The molecule has 160 valence electrons. The Morgan fingerprint density at radius 3 is 2.27 bits per heavy atom. The third-order valence-corrected chi connectivity index (χ3v) is 7.02. The van der Waals surface area contributed by atoms with Gasteiger partial charge in [-0.1, -0.05) is 60.2 Å². The molecule has 2 atom stereocenters. The predicted molar refractivity (Wildman–Crippen MR) is 118 cm³/mol. The van der Waals surface area contributed by atoms with Crippen LogP contribution in [0.25, 0.3) is 0 Å². The Balaban J connectivity index is 1.90. The molecule has 2 unspecified atom stereocenters. The highest BCUT2D eigenvalue weighted by molar-refractivity contribution is 7.92. The van der Waals surface area contributed by atoms with E-state index in [0.29, 0.717) is 6.42 Å². The van der Waals surface area contributed by atoms with E-state index in [1.807, 2.05) is 43.3 Å². The van der Waals surface area contributed by atoms with Gasteiger partial charge in [-0.3, -0.25) is 4.90 Å². The van der Waals surface area contributed by atoms with Gasteiger partial charge in [0.05, 0.1) is 10.9 Å². The van der Waals surface area contributed by atoms with Crippen LogP contribution in [0, 0.1) is 6.92 Å². The average molecular weight is 428 g/mol. The van der Waals surface area contributed by atoms with Gasteiger partial charge in [0.25, 0.3) is 0 Å². The number of aryl methyl sites for hydroxylation is 1. The molecule has 1 aliphatic heterocycles. The van der Waals surface area contributed by atoms with E-state index >= 15 is 0 Å². The van der Waals surface area contributed by atoms with E-state index in [0.717, 1.165) is 11.1 Å². The van der Waals surface area contributed by atoms with Gasteiger partial charge >= 0.3 is 6.09 Å². The first kappa shape index (κ1) is 22.1. The molecule has 5 nitrogen and oxygen atoms in total. The highest BCUT2D eigenvalue weighted by atomic mass is 32.2. The fraction of sp³-hybridized carbons (Fsp3) is 0.375. The lowest BCUT2D eigenvalue weighted by Crippen LogP contribution is -2.50. The summed E-state index contributed by atoms with van der Waals surface area (Å²) in [5, 5.41) is -0.820. The Morgan fingerprint density at radius 2 is 1.67 bits per heavy atom. The van der Waals surface area contributed by atoms with Crippen LogP contribution in [0.15, 0.2) is 71.6 Å². The van der Waals surface area contributed by atoms with E-state index in [2.05, 4.69) is 0 Å². The predicted octanol–water partition coefficient (Wildman–Crippen LogP) is 4.56. The second kappa shape index (κ2) is 8.64. The van der Waals surface area contributed by atoms with Crippen LogP contribution in [0.1, 0.15) is 31.9 Å². The number of benzene rings is 2. The molecule has 0 aromatic heterocycles. The van der Waals surface area contributed by atoms with E-state index in [4.69, 9.17) is 4.74 Å². The summed E-state index contributed by atoms with van der Waals surface area (Å²) < 4.78 is 32.0. The Labute approximate surface area is 179 Å². The minimum atomic E-state index is -3.62. The Bertz CT molecular complexity index is 1010. The first-order valence-electron chi connectivity index (χ1n) is 10.1. The maximum Gasteiger partial charge on any atom is 0.410 e. The molecule has 1 aliphatic rings. The second-order valence-corrected chi connectivity index (χ2v) is 10.8. The van der Waals surface area contributed by atoms with E-state index in [-0.39, 0.29) is 17.5 Å². The number of rotatable bonds is 4. The monoisotopic (exact) mass is 427 g/mol. The number of hydrogen-bond donors (Lipinski definition) is 0. The molecule has 0 saturated carbocycles. The largest absolute Gasteiger partial charge is 0.444 e. The minimum absolute atomic E-state index is 0.0547. The highest BCUT2D eigenvalue weighted by Gasteiger charge is 2.37. The van der Waals surface area contributed by atoms with Crippen molar-refractivity contribution in [2.24, 2.45) is 0 Å². The number of ether oxygens (including phenoxy) is 1. The first-order valence-corrected chi connectivity index (χ1v) is 11.6. The molecule has 3 rings (SSSR count). The van der Waals surface area contributed by atoms with Crippen molar-refractivity contribution in [1.29, 1.82) is 0 Å². The summed E-state index contributed by atoms with van der Waals surface area (Å²) in [7, 11) is -3.62. The summed E-state index contributed by atoms with van der Waals surface area (Å²) >= 11 is 0. The van der Waals surface area contributed by atoms with E-state index in [1.165, 1.54) is 4.90 Å². The quantitative estimate of drug-likeness (QED) is 0.671. The molecule has 0 radical (unpaired) electrons. The van der Waals surface area contributed by atoms with Gasteiger partial charge in [0.15, 0.2) is 9.84 Å². The fourth-order valence-corrected chi connectivity index (χ4v) is 4.93. The molecular weight excluding hydrogens is 398 g/mol. The zero-order chi connectivity index (χ0) is 21.9. The molecule has 2 aromatic rings.